The van der Waals surface area contributed by atoms with Crippen molar-refractivity contribution in [3.05, 3.63) is 71.4 Å². The molecule has 0 aromatic carbocycles. The highest BCUT2D eigenvalue weighted by Gasteiger charge is 2.41. The third-order valence-electron chi connectivity index (χ3n) is 5.29. The van der Waals surface area contributed by atoms with Gasteiger partial charge in [-0.15, -0.1) is 0 Å². The first-order valence-corrected chi connectivity index (χ1v) is 8.05. The molecule has 102 valence electrons. The van der Waals surface area contributed by atoms with E-state index < -0.39 is 0 Å². The molecule has 0 heterocycles. The van der Waals surface area contributed by atoms with Gasteiger partial charge in [0.25, 0.3) is 0 Å². The molecule has 4 rings (SSSR count). The van der Waals surface area contributed by atoms with Crippen LogP contribution in [-0.4, -0.2) is 0 Å². The van der Waals surface area contributed by atoms with Gasteiger partial charge in [-0.3, -0.25) is 0 Å². The van der Waals surface area contributed by atoms with Crippen molar-refractivity contribution in [2.45, 2.75) is 32.1 Å². The molecule has 0 aromatic heterocycles. The maximum Gasteiger partial charge on any atom is -0.00530 e. The zero-order valence-electron chi connectivity index (χ0n) is 12.0. The lowest BCUT2D eigenvalue weighted by atomic mass is 9.77. The average molecular weight is 262 g/mol. The van der Waals surface area contributed by atoms with Crippen LogP contribution in [0.25, 0.3) is 0 Å². The van der Waals surface area contributed by atoms with Crippen molar-refractivity contribution in [2.75, 3.05) is 0 Å². The molecule has 0 heteroatoms. The van der Waals surface area contributed by atoms with Crippen molar-refractivity contribution in [2.24, 2.45) is 17.8 Å². The van der Waals surface area contributed by atoms with Gasteiger partial charge in [0.15, 0.2) is 0 Å². The van der Waals surface area contributed by atoms with E-state index in [4.69, 9.17) is 0 Å². The van der Waals surface area contributed by atoms with Crippen molar-refractivity contribution in [3.8, 4) is 0 Å². The first-order valence-electron chi connectivity index (χ1n) is 8.05. The van der Waals surface area contributed by atoms with Crippen LogP contribution in [0.5, 0.6) is 0 Å². The zero-order chi connectivity index (χ0) is 13.4. The number of hydrogen-bond acceptors (Lipinski definition) is 0. The van der Waals surface area contributed by atoms with Crippen LogP contribution < -0.4 is 0 Å². The van der Waals surface area contributed by atoms with Gasteiger partial charge < -0.3 is 0 Å². The molecule has 0 amide bonds. The minimum atomic E-state index is 0.713. The fourth-order valence-electron chi connectivity index (χ4n) is 4.45. The van der Waals surface area contributed by atoms with Crippen LogP contribution >= 0.6 is 0 Å². The summed E-state index contributed by atoms with van der Waals surface area (Å²) in [5, 5.41) is 0. The summed E-state index contributed by atoms with van der Waals surface area (Å²) in [6.07, 6.45) is 27.4. The Kier molecular flexibility index (Phi) is 3.10. The second kappa shape index (κ2) is 5.09. The van der Waals surface area contributed by atoms with Crippen LogP contribution in [-0.2, 0) is 0 Å². The van der Waals surface area contributed by atoms with Crippen molar-refractivity contribution in [1.82, 2.24) is 0 Å². The molecule has 4 aliphatic carbocycles. The average Bonchev–Trinajstić information content (AvgIpc) is 2.72. The van der Waals surface area contributed by atoms with Gasteiger partial charge in [0.05, 0.1) is 0 Å². The van der Waals surface area contributed by atoms with E-state index in [9.17, 15) is 0 Å². The molecule has 0 fully saturated rings. The summed E-state index contributed by atoms with van der Waals surface area (Å²) in [6, 6.07) is 0. The third kappa shape index (κ3) is 1.90. The largest absolute Gasteiger partial charge is 0.0882 e. The standard InChI is InChI=1S/C20H22/c1-3-9-15-10-4-2-6-14-19-17-12-8-7-11-16(17)18(13-5-1)20(15)19/h1-3,5-6,8-9,12-13,16-17,19H,4,7,10-11,14H2. The van der Waals surface area contributed by atoms with Crippen LogP contribution in [0.3, 0.4) is 0 Å². The molecular weight excluding hydrogens is 240 g/mol. The highest BCUT2D eigenvalue weighted by atomic mass is 14.4. The van der Waals surface area contributed by atoms with Gasteiger partial charge in [-0.2, -0.15) is 0 Å². The Hall–Kier alpha value is -1.56. The van der Waals surface area contributed by atoms with Crippen molar-refractivity contribution in [1.29, 1.82) is 0 Å². The first-order chi connectivity index (χ1) is 9.95. The molecule has 3 atom stereocenters. The third-order valence-corrected chi connectivity index (χ3v) is 5.29. The smallest absolute Gasteiger partial charge is 0.00530 e. The van der Waals surface area contributed by atoms with Gasteiger partial charge in [0, 0.05) is 0 Å². The van der Waals surface area contributed by atoms with E-state index >= 15 is 0 Å². The van der Waals surface area contributed by atoms with E-state index in [1.54, 1.807) is 16.7 Å². The number of rotatable bonds is 0. The topological polar surface area (TPSA) is 0 Å². The number of hydrogen-bond donors (Lipinski definition) is 0. The predicted molar refractivity (Wildman–Crippen MR) is 85.2 cm³/mol. The predicted octanol–water partition coefficient (Wildman–Crippen LogP) is 5.29. The van der Waals surface area contributed by atoms with Crippen LogP contribution in [0.2, 0.25) is 0 Å². The Morgan fingerprint density at radius 1 is 0.900 bits per heavy atom. The van der Waals surface area contributed by atoms with E-state index in [-0.39, 0.29) is 0 Å². The van der Waals surface area contributed by atoms with Crippen LogP contribution in [0.1, 0.15) is 32.1 Å². The molecule has 20 heavy (non-hydrogen) atoms. The van der Waals surface area contributed by atoms with E-state index in [0.717, 1.165) is 11.8 Å². The summed E-state index contributed by atoms with van der Waals surface area (Å²) in [5.74, 6) is 2.21. The Morgan fingerprint density at radius 2 is 1.90 bits per heavy atom. The lowest BCUT2D eigenvalue weighted by Crippen LogP contribution is -2.18. The van der Waals surface area contributed by atoms with Crippen LogP contribution in [0.4, 0.5) is 0 Å². The minimum absolute atomic E-state index is 0.713. The second-order valence-corrected chi connectivity index (χ2v) is 6.35. The summed E-state index contributed by atoms with van der Waals surface area (Å²) >= 11 is 0. The molecule has 0 saturated carbocycles. The highest BCUT2D eigenvalue weighted by molar-refractivity contribution is 5.52. The SMILES string of the molecule is C1=CC=C2CCC=CCC3C2=C(C=C1)C1CCC=CC13. The monoisotopic (exact) mass is 262 g/mol. The van der Waals surface area contributed by atoms with Crippen LogP contribution in [0.15, 0.2) is 71.4 Å². The highest BCUT2D eigenvalue weighted by Crippen LogP contribution is 2.52. The first kappa shape index (κ1) is 12.2. The fourth-order valence-corrected chi connectivity index (χ4v) is 4.45. The van der Waals surface area contributed by atoms with E-state index in [1.807, 2.05) is 0 Å². The molecule has 0 spiro atoms. The Balaban J connectivity index is 1.88. The maximum atomic E-state index is 2.51. The summed E-state index contributed by atoms with van der Waals surface area (Å²) in [7, 11) is 0. The van der Waals surface area contributed by atoms with Crippen molar-refractivity contribution in [3.63, 3.8) is 0 Å². The normalized spacial score (nSPS) is 34.8. The van der Waals surface area contributed by atoms with E-state index in [2.05, 4.69) is 54.7 Å². The zero-order valence-corrected chi connectivity index (χ0v) is 12.0. The molecule has 0 saturated heterocycles. The maximum absolute atomic E-state index is 2.51. The van der Waals surface area contributed by atoms with Crippen LogP contribution in [0, 0.1) is 17.8 Å². The van der Waals surface area contributed by atoms with Gasteiger partial charge in [0.2, 0.25) is 0 Å². The van der Waals surface area contributed by atoms with Crippen molar-refractivity contribution < 1.29 is 0 Å². The summed E-state index contributed by atoms with van der Waals surface area (Å²) in [5.41, 5.74) is 4.93. The summed E-state index contributed by atoms with van der Waals surface area (Å²) in [6.45, 7) is 0. The quantitative estimate of drug-likeness (QED) is 0.520. The Labute approximate surface area is 122 Å². The lowest BCUT2D eigenvalue weighted by Gasteiger charge is -2.27. The summed E-state index contributed by atoms with van der Waals surface area (Å²) < 4.78 is 0. The molecule has 0 aliphatic heterocycles. The van der Waals surface area contributed by atoms with E-state index in [0.29, 0.717) is 5.92 Å². The van der Waals surface area contributed by atoms with Gasteiger partial charge in [-0.25, -0.2) is 0 Å². The fraction of sp³-hybridized carbons (Fsp3) is 0.400. The molecule has 0 N–H and O–H groups in total. The Bertz CT molecular complexity index is 577. The molecule has 0 aromatic rings. The lowest BCUT2D eigenvalue weighted by molar-refractivity contribution is 0.364. The molecule has 3 unspecified atom stereocenters. The van der Waals surface area contributed by atoms with Gasteiger partial charge in [-0.05, 0) is 66.6 Å². The second-order valence-electron chi connectivity index (χ2n) is 6.35. The molecular formula is C20H22. The van der Waals surface area contributed by atoms with Gasteiger partial charge in [-0.1, -0.05) is 54.7 Å². The van der Waals surface area contributed by atoms with Gasteiger partial charge >= 0.3 is 0 Å². The van der Waals surface area contributed by atoms with Crippen molar-refractivity contribution >= 4 is 0 Å². The Morgan fingerprint density at radius 3 is 2.90 bits per heavy atom. The minimum Gasteiger partial charge on any atom is -0.0882 e. The number of fused-ring (bicyclic) bond motifs is 3. The summed E-state index contributed by atoms with van der Waals surface area (Å²) in [4.78, 5) is 0. The van der Waals surface area contributed by atoms with Gasteiger partial charge in [0.1, 0.15) is 0 Å². The molecule has 4 aliphatic rings. The molecule has 0 nitrogen and oxygen atoms in total. The molecule has 0 bridgehead atoms. The van der Waals surface area contributed by atoms with E-state index in [1.165, 1.54) is 32.1 Å². The molecule has 0 radical (unpaired) electrons. The number of allylic oxidation sites excluding steroid dienone is 12.